The second-order valence-corrected chi connectivity index (χ2v) is 5.46. The first-order valence-corrected chi connectivity index (χ1v) is 7.61. The molecule has 1 amide bonds. The number of rotatable bonds is 7. The molecule has 94 valence electrons. The summed E-state index contributed by atoms with van der Waals surface area (Å²) in [5.41, 5.74) is 0.701. The molecule has 0 radical (unpaired) electrons. The Morgan fingerprint density at radius 2 is 2.00 bits per heavy atom. The number of benzene rings is 1. The number of amides is 1. The number of hydrogen-bond donors (Lipinski definition) is 1. The zero-order chi connectivity index (χ0) is 12.5. The second-order valence-electron chi connectivity index (χ2n) is 3.42. The van der Waals surface area contributed by atoms with Crippen LogP contribution in [0.25, 0.3) is 0 Å². The van der Waals surface area contributed by atoms with Crippen molar-refractivity contribution in [2.24, 2.45) is 0 Å². The quantitative estimate of drug-likeness (QED) is 0.425. The van der Waals surface area contributed by atoms with E-state index in [0.717, 1.165) is 15.3 Å². The predicted molar refractivity (Wildman–Crippen MR) is 80.7 cm³/mol. The Labute approximate surface area is 124 Å². The van der Waals surface area contributed by atoms with Crippen molar-refractivity contribution in [1.29, 1.82) is 0 Å². The lowest BCUT2D eigenvalue weighted by Gasteiger charge is -2.05. The Morgan fingerprint density at radius 3 is 2.65 bits per heavy atom. The van der Waals surface area contributed by atoms with Gasteiger partial charge in [-0.2, -0.15) is 0 Å². The predicted octanol–water partition coefficient (Wildman–Crippen LogP) is 2.82. The number of alkyl halides is 1. The Hall–Kier alpha value is -0.140. The first kappa shape index (κ1) is 14.9. The van der Waals surface area contributed by atoms with Gasteiger partial charge in [0.1, 0.15) is 0 Å². The minimum Gasteiger partial charge on any atom is -0.381 e. The average Bonchev–Trinajstić information content (AvgIpc) is 2.34. The van der Waals surface area contributed by atoms with Crippen molar-refractivity contribution in [1.82, 2.24) is 5.32 Å². The Balaban J connectivity index is 2.19. The molecule has 0 atom stereocenters. The van der Waals surface area contributed by atoms with Gasteiger partial charge in [0, 0.05) is 27.6 Å². The number of carbonyl (C=O) groups excluding carboxylic acids is 1. The summed E-state index contributed by atoms with van der Waals surface area (Å²) in [5.74, 6) is -0.0260. The molecule has 0 bridgehead atoms. The van der Waals surface area contributed by atoms with Gasteiger partial charge in [0.25, 0.3) is 5.91 Å². The Kier molecular flexibility index (Phi) is 7.79. The maximum absolute atomic E-state index is 11.7. The Bertz CT molecular complexity index is 343. The number of nitrogens with one attached hydrogen (secondary N) is 1. The smallest absolute Gasteiger partial charge is 0.251 e. The molecule has 0 unspecified atom stereocenters. The van der Waals surface area contributed by atoms with Gasteiger partial charge < -0.3 is 10.1 Å². The standard InChI is InChI=1S/C12H15BrINO2/c13-6-9-17-8-1-7-15-12(16)10-2-4-11(14)5-3-10/h2-5H,1,6-9H2,(H,15,16). The summed E-state index contributed by atoms with van der Waals surface area (Å²) in [5, 5.41) is 3.71. The highest BCUT2D eigenvalue weighted by molar-refractivity contribution is 14.1. The molecule has 0 spiro atoms. The summed E-state index contributed by atoms with van der Waals surface area (Å²) < 4.78 is 6.41. The number of halogens is 2. The van der Waals surface area contributed by atoms with E-state index in [1.54, 1.807) is 0 Å². The van der Waals surface area contributed by atoms with Gasteiger partial charge in [0.2, 0.25) is 0 Å². The van der Waals surface area contributed by atoms with Crippen LogP contribution >= 0.6 is 38.5 Å². The lowest BCUT2D eigenvalue weighted by Crippen LogP contribution is -2.25. The van der Waals surface area contributed by atoms with Crippen LogP contribution in [0.1, 0.15) is 16.8 Å². The topological polar surface area (TPSA) is 38.3 Å². The summed E-state index contributed by atoms with van der Waals surface area (Å²) in [6.07, 6.45) is 0.836. The van der Waals surface area contributed by atoms with Crippen molar-refractivity contribution in [3.8, 4) is 0 Å². The van der Waals surface area contributed by atoms with Gasteiger partial charge in [-0.1, -0.05) is 15.9 Å². The molecule has 0 heterocycles. The molecule has 5 heteroatoms. The highest BCUT2D eigenvalue weighted by atomic mass is 127. The first-order valence-electron chi connectivity index (χ1n) is 5.41. The van der Waals surface area contributed by atoms with E-state index in [9.17, 15) is 4.79 Å². The minimum absolute atomic E-state index is 0.0260. The average molecular weight is 412 g/mol. The molecule has 0 aliphatic heterocycles. The van der Waals surface area contributed by atoms with Gasteiger partial charge in [-0.3, -0.25) is 4.79 Å². The zero-order valence-corrected chi connectivity index (χ0v) is 13.2. The van der Waals surface area contributed by atoms with Crippen molar-refractivity contribution in [3.63, 3.8) is 0 Å². The molecule has 0 aromatic heterocycles. The van der Waals surface area contributed by atoms with Crippen LogP contribution < -0.4 is 5.32 Å². The summed E-state index contributed by atoms with van der Waals surface area (Å²) >= 11 is 5.50. The molecular formula is C12H15BrINO2. The van der Waals surface area contributed by atoms with Gasteiger partial charge in [-0.15, -0.1) is 0 Å². The fourth-order valence-corrected chi connectivity index (χ4v) is 1.82. The van der Waals surface area contributed by atoms with Crippen molar-refractivity contribution in [2.75, 3.05) is 25.1 Å². The minimum atomic E-state index is -0.0260. The molecule has 1 N–H and O–H groups in total. The third kappa shape index (κ3) is 6.38. The van der Waals surface area contributed by atoms with Gasteiger partial charge in [0.05, 0.1) is 6.61 Å². The van der Waals surface area contributed by atoms with E-state index in [2.05, 4.69) is 43.8 Å². The molecule has 1 aromatic carbocycles. The number of carbonyl (C=O) groups is 1. The summed E-state index contributed by atoms with van der Waals surface area (Å²) in [6, 6.07) is 7.51. The Morgan fingerprint density at radius 1 is 1.29 bits per heavy atom. The van der Waals surface area contributed by atoms with Crippen molar-refractivity contribution in [2.45, 2.75) is 6.42 Å². The summed E-state index contributed by atoms with van der Waals surface area (Å²) in [7, 11) is 0. The lowest BCUT2D eigenvalue weighted by molar-refractivity contribution is 0.0944. The van der Waals surface area contributed by atoms with E-state index in [0.29, 0.717) is 25.3 Å². The molecule has 0 aliphatic carbocycles. The van der Waals surface area contributed by atoms with E-state index in [1.165, 1.54) is 0 Å². The van der Waals surface area contributed by atoms with Crippen molar-refractivity contribution >= 4 is 44.4 Å². The largest absolute Gasteiger partial charge is 0.381 e. The normalized spacial score (nSPS) is 10.2. The summed E-state index contributed by atoms with van der Waals surface area (Å²) in [6.45, 7) is 2.04. The van der Waals surface area contributed by atoms with E-state index in [4.69, 9.17) is 4.74 Å². The lowest BCUT2D eigenvalue weighted by atomic mass is 10.2. The van der Waals surface area contributed by atoms with Crippen LogP contribution in [0.2, 0.25) is 0 Å². The summed E-state index contributed by atoms with van der Waals surface area (Å²) in [4.78, 5) is 11.7. The van der Waals surface area contributed by atoms with Gasteiger partial charge in [0.15, 0.2) is 0 Å². The zero-order valence-electron chi connectivity index (χ0n) is 9.42. The van der Waals surface area contributed by atoms with Gasteiger partial charge >= 0.3 is 0 Å². The van der Waals surface area contributed by atoms with Crippen molar-refractivity contribution in [3.05, 3.63) is 33.4 Å². The highest BCUT2D eigenvalue weighted by Gasteiger charge is 2.03. The third-order valence-electron chi connectivity index (χ3n) is 2.08. The number of hydrogen-bond acceptors (Lipinski definition) is 2. The third-order valence-corrected chi connectivity index (χ3v) is 3.12. The molecule has 3 nitrogen and oxygen atoms in total. The first-order chi connectivity index (χ1) is 8.24. The fourth-order valence-electron chi connectivity index (χ4n) is 1.24. The molecule has 17 heavy (non-hydrogen) atoms. The van der Waals surface area contributed by atoms with Crippen LogP contribution in [0.5, 0.6) is 0 Å². The molecule has 0 saturated heterocycles. The van der Waals surface area contributed by atoms with Gasteiger partial charge in [-0.25, -0.2) is 0 Å². The maximum Gasteiger partial charge on any atom is 0.251 e. The fraction of sp³-hybridized carbons (Fsp3) is 0.417. The molecule has 1 aromatic rings. The molecule has 0 aliphatic rings. The molecular weight excluding hydrogens is 397 g/mol. The maximum atomic E-state index is 11.7. The van der Waals surface area contributed by atoms with E-state index in [-0.39, 0.29) is 5.91 Å². The monoisotopic (exact) mass is 411 g/mol. The van der Waals surface area contributed by atoms with Crippen molar-refractivity contribution < 1.29 is 9.53 Å². The molecule has 0 fully saturated rings. The van der Waals surface area contributed by atoms with Gasteiger partial charge in [-0.05, 0) is 53.3 Å². The van der Waals surface area contributed by atoms with E-state index >= 15 is 0 Å². The van der Waals surface area contributed by atoms with E-state index < -0.39 is 0 Å². The van der Waals surface area contributed by atoms with Crippen LogP contribution in [-0.4, -0.2) is 31.0 Å². The molecule has 1 rings (SSSR count). The highest BCUT2D eigenvalue weighted by Crippen LogP contribution is 2.06. The van der Waals surface area contributed by atoms with Crippen LogP contribution in [0, 0.1) is 3.57 Å². The number of ether oxygens (including phenoxy) is 1. The van der Waals surface area contributed by atoms with Crippen LogP contribution in [0.3, 0.4) is 0 Å². The molecule has 0 saturated carbocycles. The SMILES string of the molecule is O=C(NCCCOCCBr)c1ccc(I)cc1. The van der Waals surface area contributed by atoms with Crippen LogP contribution in [0.15, 0.2) is 24.3 Å². The van der Waals surface area contributed by atoms with Crippen LogP contribution in [0.4, 0.5) is 0 Å². The second kappa shape index (κ2) is 8.88. The van der Waals surface area contributed by atoms with Crippen LogP contribution in [-0.2, 0) is 4.74 Å². The van der Waals surface area contributed by atoms with E-state index in [1.807, 2.05) is 24.3 Å².